The van der Waals surface area contributed by atoms with E-state index in [4.69, 9.17) is 27.9 Å². The summed E-state index contributed by atoms with van der Waals surface area (Å²) in [5.41, 5.74) is 2.26. The number of hydrogen-bond donors (Lipinski definition) is 0. The molecule has 5 nitrogen and oxygen atoms in total. The van der Waals surface area contributed by atoms with Gasteiger partial charge in [-0.25, -0.2) is 0 Å². The predicted octanol–water partition coefficient (Wildman–Crippen LogP) is 4.25. The van der Waals surface area contributed by atoms with E-state index >= 15 is 0 Å². The van der Waals surface area contributed by atoms with Gasteiger partial charge in [0.15, 0.2) is 0 Å². The number of carboxylic acids is 1. The predicted molar refractivity (Wildman–Crippen MR) is 105 cm³/mol. The van der Waals surface area contributed by atoms with Crippen LogP contribution in [0.15, 0.2) is 46.9 Å². The lowest BCUT2D eigenvalue weighted by molar-refractivity contribution is -0.255. The quantitative estimate of drug-likeness (QED) is 0.542. The molecule has 0 radical (unpaired) electrons. The number of benzene rings is 2. The maximum absolute atomic E-state index is 11.0. The Labute approximate surface area is 174 Å². The van der Waals surface area contributed by atoms with E-state index < -0.39 is 5.97 Å². The summed E-state index contributed by atoms with van der Waals surface area (Å²) < 4.78 is 8.41. The fourth-order valence-corrected chi connectivity index (χ4v) is 3.41. The highest BCUT2D eigenvalue weighted by Crippen LogP contribution is 2.27. The molecule has 8 heteroatoms. The first-order chi connectivity index (χ1) is 12.8. The van der Waals surface area contributed by atoms with Gasteiger partial charge in [-0.05, 0) is 43.3 Å². The maximum atomic E-state index is 11.0. The van der Waals surface area contributed by atoms with Crippen molar-refractivity contribution >= 4 is 45.1 Å². The normalized spacial score (nSPS) is 10.8. The van der Waals surface area contributed by atoms with Gasteiger partial charge in [-0.3, -0.25) is 4.68 Å². The highest BCUT2D eigenvalue weighted by atomic mass is 79.9. The fourth-order valence-electron chi connectivity index (χ4n) is 2.54. The van der Waals surface area contributed by atoms with Crippen LogP contribution in [0.5, 0.6) is 5.75 Å². The molecule has 27 heavy (non-hydrogen) atoms. The zero-order chi connectivity index (χ0) is 19.6. The monoisotopic (exact) mass is 467 g/mol. The molecule has 0 saturated carbocycles. The van der Waals surface area contributed by atoms with Gasteiger partial charge >= 0.3 is 0 Å². The summed E-state index contributed by atoms with van der Waals surface area (Å²) in [6.45, 7) is 2.40. The van der Waals surface area contributed by atoms with Crippen molar-refractivity contribution in [2.45, 2.75) is 20.1 Å². The first kappa shape index (κ1) is 19.7. The number of rotatable bonds is 6. The fraction of sp³-hybridized carbons (Fsp3) is 0.158. The van der Waals surface area contributed by atoms with Crippen LogP contribution in [-0.2, 0) is 13.2 Å². The number of halogens is 3. The van der Waals surface area contributed by atoms with Gasteiger partial charge < -0.3 is 14.6 Å². The van der Waals surface area contributed by atoms with Crippen LogP contribution in [0.1, 0.15) is 27.3 Å². The van der Waals surface area contributed by atoms with Crippen LogP contribution in [0.25, 0.3) is 0 Å². The van der Waals surface area contributed by atoms with Crippen molar-refractivity contribution in [1.82, 2.24) is 9.78 Å². The van der Waals surface area contributed by atoms with Crippen molar-refractivity contribution in [3.63, 3.8) is 0 Å². The molecule has 0 atom stereocenters. The number of carbonyl (C=O) groups excluding carboxylic acids is 1. The number of aromatic nitrogens is 2. The Morgan fingerprint density at radius 2 is 1.96 bits per heavy atom. The minimum Gasteiger partial charge on any atom is -0.543 e. The lowest BCUT2D eigenvalue weighted by Gasteiger charge is -2.14. The highest BCUT2D eigenvalue weighted by molar-refractivity contribution is 9.10. The van der Waals surface area contributed by atoms with Gasteiger partial charge in [0, 0.05) is 31.3 Å². The van der Waals surface area contributed by atoms with E-state index in [0.29, 0.717) is 28.0 Å². The Kier molecular flexibility index (Phi) is 6.09. The largest absolute Gasteiger partial charge is 0.543 e. The second-order valence-corrected chi connectivity index (χ2v) is 7.65. The molecule has 0 N–H and O–H groups in total. The zero-order valence-electron chi connectivity index (χ0n) is 14.2. The van der Waals surface area contributed by atoms with Crippen LogP contribution in [0.2, 0.25) is 10.0 Å². The molecule has 140 valence electrons. The number of hydrogen-bond acceptors (Lipinski definition) is 4. The van der Waals surface area contributed by atoms with Gasteiger partial charge in [-0.2, -0.15) is 5.10 Å². The summed E-state index contributed by atoms with van der Waals surface area (Å²) >= 11 is 15.6. The van der Waals surface area contributed by atoms with Crippen molar-refractivity contribution in [1.29, 1.82) is 0 Å². The molecule has 0 fully saturated rings. The van der Waals surface area contributed by atoms with E-state index in [0.717, 1.165) is 15.6 Å². The molecule has 3 aromatic rings. The van der Waals surface area contributed by atoms with E-state index in [1.165, 1.54) is 6.07 Å². The van der Waals surface area contributed by atoms with Gasteiger partial charge in [0.2, 0.25) is 0 Å². The number of aryl methyl sites for hydroxylation is 1. The minimum absolute atomic E-state index is 0.0992. The van der Waals surface area contributed by atoms with Crippen LogP contribution in [0.3, 0.4) is 0 Å². The summed E-state index contributed by atoms with van der Waals surface area (Å²) in [7, 11) is 0. The van der Waals surface area contributed by atoms with Crippen molar-refractivity contribution in [2.24, 2.45) is 0 Å². The standard InChI is InChI=1S/C19H15BrCl2N2O3/c1-11-6-17(19(25)26)23-24(11)9-13-7-14(20)3-5-18(13)27-10-12-2-4-15(21)8-16(12)22/h2-8H,9-10H2,1H3,(H,25,26)/p-1. The molecular formula is C19H14BrCl2N2O3-. The van der Waals surface area contributed by atoms with E-state index in [9.17, 15) is 9.90 Å². The van der Waals surface area contributed by atoms with Crippen LogP contribution < -0.4 is 9.84 Å². The molecule has 1 aromatic heterocycles. The van der Waals surface area contributed by atoms with Crippen molar-refractivity contribution in [3.8, 4) is 5.75 Å². The Hall–Kier alpha value is -2.02. The molecule has 0 amide bonds. The van der Waals surface area contributed by atoms with Gasteiger partial charge in [0.05, 0.1) is 12.5 Å². The number of carbonyl (C=O) groups is 1. The average molecular weight is 469 g/mol. The van der Waals surface area contributed by atoms with Gasteiger partial charge in [-0.1, -0.05) is 45.2 Å². The molecule has 1 heterocycles. The Morgan fingerprint density at radius 1 is 1.19 bits per heavy atom. The molecule has 3 rings (SSSR count). The summed E-state index contributed by atoms with van der Waals surface area (Å²) in [5.74, 6) is -0.658. The number of carboxylic acid groups (broad SMARTS) is 1. The van der Waals surface area contributed by atoms with Gasteiger partial charge in [-0.15, -0.1) is 0 Å². The van der Waals surface area contributed by atoms with E-state index in [1.807, 2.05) is 24.3 Å². The van der Waals surface area contributed by atoms with Gasteiger partial charge in [0.1, 0.15) is 18.1 Å². The number of ether oxygens (including phenoxy) is 1. The first-order valence-corrected chi connectivity index (χ1v) is 9.49. The average Bonchev–Trinajstić information content (AvgIpc) is 2.97. The molecule has 0 spiro atoms. The lowest BCUT2D eigenvalue weighted by atomic mass is 10.2. The Morgan fingerprint density at radius 3 is 2.63 bits per heavy atom. The maximum Gasteiger partial charge on any atom is 0.124 e. The third-order valence-electron chi connectivity index (χ3n) is 3.93. The van der Waals surface area contributed by atoms with Crippen LogP contribution in [0, 0.1) is 6.92 Å². The minimum atomic E-state index is -1.31. The summed E-state index contributed by atoms with van der Waals surface area (Å²) in [6.07, 6.45) is 0. The molecule has 0 bridgehead atoms. The summed E-state index contributed by atoms with van der Waals surface area (Å²) in [4.78, 5) is 11.0. The molecule has 0 aliphatic rings. The third kappa shape index (κ3) is 4.83. The van der Waals surface area contributed by atoms with Crippen molar-refractivity contribution in [3.05, 3.63) is 79.5 Å². The number of nitrogens with zero attached hydrogens (tertiary/aromatic N) is 2. The lowest BCUT2D eigenvalue weighted by Crippen LogP contribution is -2.23. The smallest absolute Gasteiger partial charge is 0.124 e. The van der Waals surface area contributed by atoms with Crippen LogP contribution >= 0.6 is 39.1 Å². The molecule has 0 saturated heterocycles. The highest BCUT2D eigenvalue weighted by Gasteiger charge is 2.11. The van der Waals surface area contributed by atoms with Crippen molar-refractivity contribution in [2.75, 3.05) is 0 Å². The van der Waals surface area contributed by atoms with Crippen LogP contribution in [0.4, 0.5) is 0 Å². The summed E-state index contributed by atoms with van der Waals surface area (Å²) in [6, 6.07) is 12.3. The molecule has 2 aromatic carbocycles. The Bertz CT molecular complexity index is 1000. The van der Waals surface area contributed by atoms with Crippen LogP contribution in [-0.4, -0.2) is 15.7 Å². The van der Waals surface area contributed by atoms with Gasteiger partial charge in [0.25, 0.3) is 0 Å². The second kappa shape index (κ2) is 8.33. The zero-order valence-corrected chi connectivity index (χ0v) is 17.3. The first-order valence-electron chi connectivity index (χ1n) is 7.94. The van der Waals surface area contributed by atoms with E-state index in [2.05, 4.69) is 21.0 Å². The van der Waals surface area contributed by atoms with Crippen molar-refractivity contribution < 1.29 is 14.6 Å². The second-order valence-electron chi connectivity index (χ2n) is 5.89. The number of aromatic carboxylic acids is 1. The van der Waals surface area contributed by atoms with E-state index in [1.54, 1.807) is 23.7 Å². The SMILES string of the molecule is Cc1cc(C(=O)[O-])nn1Cc1cc(Br)ccc1OCc1ccc(Cl)cc1Cl. The molecule has 0 aliphatic carbocycles. The molecule has 0 aliphatic heterocycles. The summed E-state index contributed by atoms with van der Waals surface area (Å²) in [5, 5.41) is 16.2. The third-order valence-corrected chi connectivity index (χ3v) is 5.01. The molecule has 0 unspecified atom stereocenters. The Balaban J connectivity index is 1.84. The van der Waals surface area contributed by atoms with E-state index in [-0.39, 0.29) is 12.3 Å². The topological polar surface area (TPSA) is 67.2 Å². The molecular weight excluding hydrogens is 455 g/mol.